The summed E-state index contributed by atoms with van der Waals surface area (Å²) in [5.74, 6) is 0.174. The molecule has 0 radical (unpaired) electrons. The second-order valence-corrected chi connectivity index (χ2v) is 12.5. The van der Waals surface area contributed by atoms with Crippen molar-refractivity contribution in [2.75, 3.05) is 43.4 Å². The van der Waals surface area contributed by atoms with E-state index in [2.05, 4.69) is 15.1 Å². The molecule has 2 aromatic heterocycles. The van der Waals surface area contributed by atoms with Gasteiger partial charge in [0.25, 0.3) is 0 Å². The molecular formula is C29H34Cl2FN7O. The fourth-order valence-corrected chi connectivity index (χ4v) is 7.90. The number of nitrogens with two attached hydrogens (primary N) is 1. The zero-order valence-electron chi connectivity index (χ0n) is 22.7. The zero-order chi connectivity index (χ0) is 27.6. The summed E-state index contributed by atoms with van der Waals surface area (Å²) in [6.45, 7) is 6.53. The van der Waals surface area contributed by atoms with Crippen LogP contribution in [0.5, 0.6) is 6.01 Å². The third-order valence-corrected chi connectivity index (χ3v) is 9.98. The minimum Gasteiger partial charge on any atom is -0.461 e. The molecule has 3 aromatic rings. The molecule has 3 N–H and O–H groups in total. The van der Waals surface area contributed by atoms with Gasteiger partial charge in [0.1, 0.15) is 12.4 Å². The zero-order valence-corrected chi connectivity index (χ0v) is 24.2. The molecule has 6 heterocycles. The van der Waals surface area contributed by atoms with Crippen LogP contribution in [0.3, 0.4) is 0 Å². The van der Waals surface area contributed by atoms with Gasteiger partial charge in [-0.1, -0.05) is 30.1 Å². The number of nitrogens with one attached hydrogen (secondary N) is 1. The Hall–Kier alpha value is -2.46. The van der Waals surface area contributed by atoms with Crippen molar-refractivity contribution in [3.8, 4) is 17.3 Å². The van der Waals surface area contributed by atoms with Crippen LogP contribution in [0, 0.1) is 5.82 Å². The summed E-state index contributed by atoms with van der Waals surface area (Å²) in [6, 6.07) is 2.53. The van der Waals surface area contributed by atoms with Crippen LogP contribution in [0.2, 0.25) is 10.0 Å². The van der Waals surface area contributed by atoms with E-state index in [1.54, 1.807) is 6.20 Å². The number of nitrogen functional groups attached to an aromatic ring is 1. The molecule has 4 fully saturated rings. The van der Waals surface area contributed by atoms with Crippen LogP contribution >= 0.6 is 23.2 Å². The van der Waals surface area contributed by atoms with Crippen molar-refractivity contribution in [1.82, 2.24) is 25.2 Å². The van der Waals surface area contributed by atoms with E-state index in [4.69, 9.17) is 48.6 Å². The molecule has 4 aliphatic rings. The molecule has 2 atom stereocenters. The Kier molecular flexibility index (Phi) is 6.69. The number of aromatic nitrogens is 3. The topological polar surface area (TPSA) is 92.4 Å². The third-order valence-electron chi connectivity index (χ3n) is 9.40. The lowest BCUT2D eigenvalue weighted by atomic mass is 9.95. The number of fused-ring (bicyclic) bond motifs is 4. The molecule has 2 bridgehead atoms. The quantitative estimate of drug-likeness (QED) is 0.300. The summed E-state index contributed by atoms with van der Waals surface area (Å²) >= 11 is 12.5. The number of hydrogen-bond donors (Lipinski definition) is 2. The van der Waals surface area contributed by atoms with Crippen molar-refractivity contribution < 1.29 is 9.13 Å². The van der Waals surface area contributed by atoms with Gasteiger partial charge in [-0.05, 0) is 64.1 Å². The lowest BCUT2D eigenvalue weighted by Crippen LogP contribution is -2.51. The highest BCUT2D eigenvalue weighted by molar-refractivity contribution is 6.37. The van der Waals surface area contributed by atoms with Crippen molar-refractivity contribution in [2.24, 2.45) is 0 Å². The summed E-state index contributed by atoms with van der Waals surface area (Å²) in [5, 5.41) is 4.61. The number of hydrogen-bond acceptors (Lipinski definition) is 8. The first-order valence-electron chi connectivity index (χ1n) is 14.4. The maximum absolute atomic E-state index is 15.4. The van der Waals surface area contributed by atoms with E-state index >= 15 is 4.39 Å². The first kappa shape index (κ1) is 26.4. The standard InChI is InChI=1S/C29H34Cl2FN7O/c1-2-18-25-19(12-34-26(18)22-23(32)20(30)11-21(31)24(22)33)27(38-13-16-5-6-17(14-38)35-16)37-28(36-25)40-15-29-7-3-9-39(29)10-4-8-29/h11-12,16-17,35H,2-10,13-15,33H2,1H3. The smallest absolute Gasteiger partial charge is 0.319 e. The molecular weight excluding hydrogens is 552 g/mol. The van der Waals surface area contributed by atoms with Gasteiger partial charge in [-0.25, -0.2) is 4.39 Å². The van der Waals surface area contributed by atoms with Gasteiger partial charge in [-0.15, -0.1) is 0 Å². The summed E-state index contributed by atoms with van der Waals surface area (Å²) in [7, 11) is 0. The number of halogens is 3. The number of aryl methyl sites for hydroxylation is 1. The van der Waals surface area contributed by atoms with E-state index in [9.17, 15) is 0 Å². The molecule has 4 saturated heterocycles. The van der Waals surface area contributed by atoms with Gasteiger partial charge in [0.15, 0.2) is 5.82 Å². The average molecular weight is 587 g/mol. The molecule has 0 amide bonds. The first-order valence-corrected chi connectivity index (χ1v) is 15.1. The van der Waals surface area contributed by atoms with Gasteiger partial charge in [-0.3, -0.25) is 9.88 Å². The number of ether oxygens (including phenoxy) is 1. The largest absolute Gasteiger partial charge is 0.461 e. The van der Waals surface area contributed by atoms with Crippen LogP contribution in [-0.4, -0.2) is 70.3 Å². The Balaban J connectivity index is 1.37. The highest BCUT2D eigenvalue weighted by atomic mass is 35.5. The average Bonchev–Trinajstić information content (AvgIpc) is 3.63. The Morgan fingerprint density at radius 1 is 1.12 bits per heavy atom. The summed E-state index contributed by atoms with van der Waals surface area (Å²) in [5.41, 5.74) is 8.41. The van der Waals surface area contributed by atoms with Crippen LogP contribution in [0.4, 0.5) is 15.9 Å². The molecule has 212 valence electrons. The lowest BCUT2D eigenvalue weighted by Gasteiger charge is -2.35. The van der Waals surface area contributed by atoms with Crippen LogP contribution in [0.15, 0.2) is 12.3 Å². The number of anilines is 2. The minimum absolute atomic E-state index is 0.0682. The number of pyridine rings is 1. The molecule has 0 spiro atoms. The van der Waals surface area contributed by atoms with Gasteiger partial charge in [0, 0.05) is 36.9 Å². The normalized spacial score (nSPS) is 23.8. The molecule has 8 nitrogen and oxygen atoms in total. The number of nitrogens with zero attached hydrogens (tertiary/aromatic N) is 5. The van der Waals surface area contributed by atoms with Crippen molar-refractivity contribution >= 4 is 45.6 Å². The van der Waals surface area contributed by atoms with E-state index in [1.165, 1.54) is 18.9 Å². The van der Waals surface area contributed by atoms with Crippen LogP contribution in [-0.2, 0) is 6.42 Å². The van der Waals surface area contributed by atoms with Crippen molar-refractivity contribution in [3.63, 3.8) is 0 Å². The second-order valence-electron chi connectivity index (χ2n) is 11.7. The number of rotatable bonds is 6. The maximum Gasteiger partial charge on any atom is 0.319 e. The van der Waals surface area contributed by atoms with E-state index in [0.717, 1.165) is 68.6 Å². The predicted octanol–water partition coefficient (Wildman–Crippen LogP) is 5.23. The fraction of sp³-hybridized carbons (Fsp3) is 0.552. The molecule has 2 unspecified atom stereocenters. The minimum atomic E-state index is -0.642. The Morgan fingerprint density at radius 2 is 1.85 bits per heavy atom. The molecule has 40 heavy (non-hydrogen) atoms. The van der Waals surface area contributed by atoms with E-state index in [-0.39, 0.29) is 26.8 Å². The van der Waals surface area contributed by atoms with E-state index in [0.29, 0.717) is 42.3 Å². The summed E-state index contributed by atoms with van der Waals surface area (Å²) < 4.78 is 21.9. The predicted molar refractivity (Wildman–Crippen MR) is 157 cm³/mol. The number of piperazine rings is 1. The Bertz CT molecular complexity index is 1440. The van der Waals surface area contributed by atoms with E-state index < -0.39 is 5.82 Å². The van der Waals surface area contributed by atoms with Gasteiger partial charge in [0.2, 0.25) is 0 Å². The monoisotopic (exact) mass is 585 g/mol. The third kappa shape index (κ3) is 4.28. The van der Waals surface area contributed by atoms with Gasteiger partial charge in [0.05, 0.1) is 43.4 Å². The summed E-state index contributed by atoms with van der Waals surface area (Å²) in [4.78, 5) is 19.6. The van der Waals surface area contributed by atoms with Crippen molar-refractivity contribution in [3.05, 3.63) is 33.7 Å². The first-order chi connectivity index (χ1) is 19.4. The van der Waals surface area contributed by atoms with Crippen LogP contribution in [0.1, 0.15) is 51.0 Å². The Morgan fingerprint density at radius 3 is 2.55 bits per heavy atom. The summed E-state index contributed by atoms with van der Waals surface area (Å²) in [6.07, 6.45) is 9.25. The molecule has 0 aliphatic carbocycles. The van der Waals surface area contributed by atoms with Gasteiger partial charge < -0.3 is 20.7 Å². The lowest BCUT2D eigenvalue weighted by molar-refractivity contribution is 0.108. The van der Waals surface area contributed by atoms with Crippen LogP contribution in [0.25, 0.3) is 22.2 Å². The van der Waals surface area contributed by atoms with Crippen molar-refractivity contribution in [1.29, 1.82) is 0 Å². The van der Waals surface area contributed by atoms with Gasteiger partial charge in [-0.2, -0.15) is 9.97 Å². The SMILES string of the molecule is CCc1c(-c2c(N)c(Cl)cc(Cl)c2F)ncc2c(N3CC4CCC(C3)N4)nc(OCC34CCCN3CCC4)nc12. The van der Waals surface area contributed by atoms with Crippen molar-refractivity contribution in [2.45, 2.75) is 69.5 Å². The molecule has 0 saturated carbocycles. The number of benzene rings is 1. The molecule has 7 rings (SSSR count). The fourth-order valence-electron chi connectivity index (χ4n) is 7.43. The molecule has 4 aliphatic heterocycles. The van der Waals surface area contributed by atoms with Crippen LogP contribution < -0.4 is 20.7 Å². The molecule has 11 heteroatoms. The highest BCUT2D eigenvalue weighted by Gasteiger charge is 2.45. The Labute approximate surface area is 243 Å². The highest BCUT2D eigenvalue weighted by Crippen LogP contribution is 2.42. The van der Waals surface area contributed by atoms with Gasteiger partial charge >= 0.3 is 6.01 Å². The maximum atomic E-state index is 15.4. The second kappa shape index (κ2) is 10.1. The van der Waals surface area contributed by atoms with E-state index in [1.807, 2.05) is 6.92 Å². The molecule has 1 aromatic carbocycles.